The SMILES string of the molecule is C[CH2][Al]([CH2]C)[CH2]C1CC[C@H]2C[C@@H]1C2(C)C. The predicted octanol–water partition coefficient (Wildman–Crippen LogP) is 4.59. The molecule has 3 fully saturated rings. The second-order valence-corrected chi connectivity index (χ2v) is 10.5. The molecule has 0 aromatic rings. The van der Waals surface area contributed by atoms with Crippen LogP contribution >= 0.6 is 0 Å². The molecule has 3 atom stereocenters. The van der Waals surface area contributed by atoms with Gasteiger partial charge >= 0.3 is 0 Å². The van der Waals surface area contributed by atoms with Crippen molar-refractivity contribution in [3.63, 3.8) is 0 Å². The maximum atomic E-state index is 2.53. The molecule has 3 aliphatic rings. The van der Waals surface area contributed by atoms with Crippen molar-refractivity contribution < 1.29 is 0 Å². The first-order valence-electron chi connectivity index (χ1n) is 7.09. The van der Waals surface area contributed by atoms with Crippen molar-refractivity contribution in [3.05, 3.63) is 0 Å². The summed E-state index contributed by atoms with van der Waals surface area (Å²) in [5.74, 6) is 3.31. The molecule has 0 amide bonds. The lowest BCUT2D eigenvalue weighted by Gasteiger charge is -2.60. The van der Waals surface area contributed by atoms with Crippen LogP contribution in [0.15, 0.2) is 0 Å². The Kier molecular flexibility index (Phi) is 3.54. The third kappa shape index (κ3) is 2.03. The van der Waals surface area contributed by atoms with E-state index in [1.54, 1.807) is 24.5 Å². The Balaban J connectivity index is 1.93. The molecule has 3 aliphatic carbocycles. The van der Waals surface area contributed by atoms with Gasteiger partial charge in [-0.05, 0) is 36.0 Å². The fourth-order valence-corrected chi connectivity index (χ4v) is 6.96. The minimum atomic E-state index is -0.337. The third-order valence-electron chi connectivity index (χ3n) is 5.79. The van der Waals surface area contributed by atoms with E-state index in [9.17, 15) is 0 Å². The zero-order chi connectivity index (χ0) is 11.1. The summed E-state index contributed by atoms with van der Waals surface area (Å²) in [4.78, 5) is 0. The van der Waals surface area contributed by atoms with Crippen LogP contribution in [0.2, 0.25) is 15.8 Å². The van der Waals surface area contributed by atoms with Gasteiger partial charge in [-0.15, -0.1) is 0 Å². The van der Waals surface area contributed by atoms with Gasteiger partial charge in [0.25, 0.3) is 14.1 Å². The van der Waals surface area contributed by atoms with Crippen LogP contribution in [0.5, 0.6) is 0 Å². The largest absolute Gasteiger partial charge is 0.261 e. The van der Waals surface area contributed by atoms with Crippen molar-refractivity contribution >= 4 is 14.1 Å². The smallest absolute Gasteiger partial charge is 0.0967 e. The van der Waals surface area contributed by atoms with E-state index in [-0.39, 0.29) is 14.1 Å². The number of fused-ring (bicyclic) bond motifs is 2. The molecule has 0 nitrogen and oxygen atoms in total. The number of rotatable bonds is 4. The lowest BCUT2D eigenvalue weighted by molar-refractivity contribution is -0.0989. The molecule has 0 spiro atoms. The van der Waals surface area contributed by atoms with Crippen LogP contribution in [0.4, 0.5) is 0 Å². The summed E-state index contributed by atoms with van der Waals surface area (Å²) < 4.78 is 0. The minimum absolute atomic E-state index is 0.337. The number of hydrogen-bond acceptors (Lipinski definition) is 0. The zero-order valence-corrected chi connectivity index (χ0v) is 12.2. The van der Waals surface area contributed by atoms with Gasteiger partial charge in [-0.3, -0.25) is 0 Å². The van der Waals surface area contributed by atoms with Crippen molar-refractivity contribution in [2.45, 2.75) is 62.8 Å². The Bertz CT molecular complexity index is 215. The fraction of sp³-hybridized carbons (Fsp3) is 1.00. The first-order valence-corrected chi connectivity index (χ1v) is 9.54. The van der Waals surface area contributed by atoms with Gasteiger partial charge in [0.05, 0.1) is 0 Å². The average molecular weight is 222 g/mol. The summed E-state index contributed by atoms with van der Waals surface area (Å²) in [6.07, 6.45) is 4.69. The second-order valence-electron chi connectivity index (χ2n) is 6.62. The van der Waals surface area contributed by atoms with Crippen LogP contribution in [0.25, 0.3) is 0 Å². The van der Waals surface area contributed by atoms with Crippen LogP contribution < -0.4 is 0 Å². The summed E-state index contributed by atoms with van der Waals surface area (Å²) in [5, 5.41) is 4.72. The Morgan fingerprint density at radius 1 is 1.13 bits per heavy atom. The van der Waals surface area contributed by atoms with E-state index >= 15 is 0 Å². The molecular formula is C14H27Al. The molecule has 0 heterocycles. The molecule has 86 valence electrons. The quantitative estimate of drug-likeness (QED) is 0.610. The van der Waals surface area contributed by atoms with E-state index in [0.717, 1.165) is 17.8 Å². The standard InChI is InChI=1S/C10H17.2C2H5.Al/c1-7-4-5-8-6-9(7)10(8,2)3;2*1-2;/h7-9H,1,4-6H2,2-3H3;2*1H2,2H3;/t7?,8-,9-;;;/m0.../s1. The molecule has 1 heteroatoms. The first-order chi connectivity index (χ1) is 7.09. The van der Waals surface area contributed by atoms with Gasteiger partial charge in [0, 0.05) is 0 Å². The summed E-state index contributed by atoms with van der Waals surface area (Å²) in [6.45, 7) is 9.93. The highest BCUT2D eigenvalue weighted by Crippen LogP contribution is 2.62. The molecule has 0 aromatic carbocycles. The summed E-state index contributed by atoms with van der Waals surface area (Å²) in [6, 6.07) is 0. The van der Waals surface area contributed by atoms with E-state index in [1.807, 2.05) is 0 Å². The van der Waals surface area contributed by atoms with Gasteiger partial charge in [0.2, 0.25) is 0 Å². The predicted molar refractivity (Wildman–Crippen MR) is 69.6 cm³/mol. The van der Waals surface area contributed by atoms with E-state index in [2.05, 4.69) is 27.7 Å². The second kappa shape index (κ2) is 4.42. The lowest BCUT2D eigenvalue weighted by atomic mass is 9.46. The highest BCUT2D eigenvalue weighted by Gasteiger charge is 2.54. The summed E-state index contributed by atoms with van der Waals surface area (Å²) >= 11 is -0.337. The minimum Gasteiger partial charge on any atom is -0.0967 e. The first kappa shape index (κ1) is 12.0. The van der Waals surface area contributed by atoms with E-state index < -0.39 is 0 Å². The Morgan fingerprint density at radius 3 is 2.27 bits per heavy atom. The van der Waals surface area contributed by atoms with Crippen molar-refractivity contribution in [2.75, 3.05) is 0 Å². The monoisotopic (exact) mass is 222 g/mol. The molecule has 0 radical (unpaired) electrons. The van der Waals surface area contributed by atoms with Gasteiger partial charge in [-0.2, -0.15) is 0 Å². The van der Waals surface area contributed by atoms with Crippen LogP contribution in [0, 0.1) is 23.2 Å². The molecule has 0 aliphatic heterocycles. The van der Waals surface area contributed by atoms with Gasteiger partial charge in [0.1, 0.15) is 0 Å². The third-order valence-corrected chi connectivity index (χ3v) is 9.37. The summed E-state index contributed by atoms with van der Waals surface area (Å²) in [7, 11) is 0. The van der Waals surface area contributed by atoms with Crippen molar-refractivity contribution in [1.82, 2.24) is 0 Å². The molecule has 3 rings (SSSR count). The van der Waals surface area contributed by atoms with Crippen LogP contribution in [0.3, 0.4) is 0 Å². The van der Waals surface area contributed by atoms with E-state index in [1.165, 1.54) is 10.6 Å². The molecule has 1 unspecified atom stereocenters. The van der Waals surface area contributed by atoms with Crippen LogP contribution in [0.1, 0.15) is 47.0 Å². The molecular weight excluding hydrogens is 195 g/mol. The van der Waals surface area contributed by atoms with Gasteiger partial charge < -0.3 is 0 Å². The van der Waals surface area contributed by atoms with Crippen molar-refractivity contribution in [1.29, 1.82) is 0 Å². The fourth-order valence-electron chi connectivity index (χ4n) is 4.29. The highest BCUT2D eigenvalue weighted by molar-refractivity contribution is 6.58. The van der Waals surface area contributed by atoms with Crippen molar-refractivity contribution in [3.8, 4) is 0 Å². The van der Waals surface area contributed by atoms with Crippen LogP contribution in [-0.2, 0) is 0 Å². The average Bonchev–Trinajstić information content (AvgIpc) is 2.25. The molecule has 3 saturated carbocycles. The lowest BCUT2D eigenvalue weighted by Crippen LogP contribution is -2.52. The van der Waals surface area contributed by atoms with Crippen molar-refractivity contribution in [2.24, 2.45) is 23.2 Å². The number of hydrogen-bond donors (Lipinski definition) is 0. The summed E-state index contributed by atoms with van der Waals surface area (Å²) in [5.41, 5.74) is 0.712. The molecule has 2 bridgehead atoms. The van der Waals surface area contributed by atoms with E-state index in [0.29, 0.717) is 5.41 Å². The maximum Gasteiger partial charge on any atom is 0.261 e. The molecule has 0 saturated heterocycles. The topological polar surface area (TPSA) is 0 Å². The zero-order valence-electron chi connectivity index (χ0n) is 11.1. The maximum absolute atomic E-state index is 2.53. The van der Waals surface area contributed by atoms with Gasteiger partial charge in [0.15, 0.2) is 0 Å². The van der Waals surface area contributed by atoms with Gasteiger partial charge in [-0.25, -0.2) is 0 Å². The van der Waals surface area contributed by atoms with Gasteiger partial charge in [-0.1, -0.05) is 50.0 Å². The Hall–Kier alpha value is 0.532. The Labute approximate surface area is 100 Å². The molecule has 15 heavy (non-hydrogen) atoms. The molecule has 0 N–H and O–H groups in total. The highest BCUT2D eigenvalue weighted by atomic mass is 27.2. The normalized spacial score (nSPS) is 37.2. The van der Waals surface area contributed by atoms with E-state index in [4.69, 9.17) is 0 Å². The Morgan fingerprint density at radius 2 is 1.80 bits per heavy atom. The van der Waals surface area contributed by atoms with Crippen LogP contribution in [-0.4, -0.2) is 14.1 Å². The molecule has 0 aromatic heterocycles.